The van der Waals surface area contributed by atoms with E-state index in [2.05, 4.69) is 10.0 Å². The minimum atomic E-state index is -3.60. The van der Waals surface area contributed by atoms with Gasteiger partial charge in [0.05, 0.1) is 16.3 Å². The van der Waals surface area contributed by atoms with E-state index >= 15 is 0 Å². The molecule has 33 heavy (non-hydrogen) atoms. The van der Waals surface area contributed by atoms with Crippen LogP contribution in [0, 0.1) is 5.82 Å². The molecule has 3 rings (SSSR count). The fourth-order valence-corrected chi connectivity index (χ4v) is 4.66. The number of hydrogen-bond acceptors (Lipinski definition) is 4. The smallest absolute Gasteiger partial charge is 0.335 e. The summed E-state index contributed by atoms with van der Waals surface area (Å²) in [6, 6.07) is 20.1. The molecule has 6 nitrogen and oxygen atoms in total. The SMILES string of the molecule is O=C(O)c1cccc(NCC(CCS(=O)(=O)NCc2ccc(F)c(Cl)c2)c2ccccc2)c1. The van der Waals surface area contributed by atoms with Gasteiger partial charge in [-0.2, -0.15) is 0 Å². The Morgan fingerprint density at radius 1 is 1.03 bits per heavy atom. The maximum atomic E-state index is 13.3. The number of carboxylic acid groups (broad SMARTS) is 1. The largest absolute Gasteiger partial charge is 0.478 e. The molecule has 0 fully saturated rings. The standard InChI is InChI=1S/C24H24ClFN2O4S/c25-22-13-17(9-10-23(22)26)15-28-33(31,32)12-11-20(18-5-2-1-3-6-18)16-27-21-8-4-7-19(14-21)24(29)30/h1-10,13-14,20,27-28H,11-12,15-16H2,(H,29,30). The van der Waals surface area contributed by atoms with Gasteiger partial charge in [-0.05, 0) is 47.9 Å². The maximum absolute atomic E-state index is 13.3. The lowest BCUT2D eigenvalue weighted by atomic mass is 9.96. The second kappa shape index (κ2) is 11.3. The monoisotopic (exact) mass is 490 g/mol. The Bertz CT molecular complexity index is 1210. The van der Waals surface area contributed by atoms with Gasteiger partial charge < -0.3 is 10.4 Å². The van der Waals surface area contributed by atoms with E-state index < -0.39 is 21.8 Å². The molecule has 0 saturated carbocycles. The third-order valence-corrected chi connectivity index (χ3v) is 6.80. The number of sulfonamides is 1. The van der Waals surface area contributed by atoms with Gasteiger partial charge in [0, 0.05) is 24.7 Å². The summed E-state index contributed by atoms with van der Waals surface area (Å²) in [7, 11) is -3.60. The Morgan fingerprint density at radius 3 is 2.48 bits per heavy atom. The molecule has 0 aromatic heterocycles. The summed E-state index contributed by atoms with van der Waals surface area (Å²) >= 11 is 5.75. The van der Waals surface area contributed by atoms with Crippen molar-refractivity contribution >= 4 is 33.3 Å². The Morgan fingerprint density at radius 2 is 1.79 bits per heavy atom. The fourth-order valence-electron chi connectivity index (χ4n) is 3.33. The molecule has 1 unspecified atom stereocenters. The van der Waals surface area contributed by atoms with Crippen LogP contribution < -0.4 is 10.0 Å². The van der Waals surface area contributed by atoms with Crippen LogP contribution >= 0.6 is 11.6 Å². The Balaban J connectivity index is 1.64. The van der Waals surface area contributed by atoms with E-state index in [9.17, 15) is 22.7 Å². The average Bonchev–Trinajstić information content (AvgIpc) is 2.80. The van der Waals surface area contributed by atoms with Crippen LogP contribution in [0.25, 0.3) is 0 Å². The lowest BCUT2D eigenvalue weighted by Gasteiger charge is -2.19. The molecule has 0 radical (unpaired) electrons. The number of hydrogen-bond donors (Lipinski definition) is 3. The first-order chi connectivity index (χ1) is 15.7. The van der Waals surface area contributed by atoms with E-state index in [1.54, 1.807) is 12.1 Å². The van der Waals surface area contributed by atoms with Crippen LogP contribution in [0.15, 0.2) is 72.8 Å². The molecule has 1 atom stereocenters. The van der Waals surface area contributed by atoms with Crippen molar-refractivity contribution < 1.29 is 22.7 Å². The first-order valence-corrected chi connectivity index (χ1v) is 12.3. The van der Waals surface area contributed by atoms with E-state index in [4.69, 9.17) is 11.6 Å². The number of anilines is 1. The van der Waals surface area contributed by atoms with E-state index in [1.165, 1.54) is 30.3 Å². The molecule has 3 N–H and O–H groups in total. The number of nitrogens with one attached hydrogen (secondary N) is 2. The van der Waals surface area contributed by atoms with Crippen molar-refractivity contribution in [3.8, 4) is 0 Å². The molecule has 0 aliphatic rings. The Hall–Kier alpha value is -2.94. The summed E-state index contributed by atoms with van der Waals surface area (Å²) in [6.45, 7) is 0.439. The lowest BCUT2D eigenvalue weighted by Crippen LogP contribution is -2.27. The number of carbonyl (C=O) groups is 1. The molecular weight excluding hydrogens is 467 g/mol. The third kappa shape index (κ3) is 7.56. The number of benzene rings is 3. The molecule has 9 heteroatoms. The van der Waals surface area contributed by atoms with Crippen molar-refractivity contribution in [1.29, 1.82) is 0 Å². The highest BCUT2D eigenvalue weighted by molar-refractivity contribution is 7.89. The van der Waals surface area contributed by atoms with Crippen molar-refractivity contribution in [2.24, 2.45) is 0 Å². The number of rotatable bonds is 11. The molecule has 0 spiro atoms. The van der Waals surface area contributed by atoms with Crippen LogP contribution in [0.1, 0.15) is 33.8 Å². The summed E-state index contributed by atoms with van der Waals surface area (Å²) in [5, 5.41) is 12.3. The Labute approximate surface area is 197 Å². The average molecular weight is 491 g/mol. The molecule has 0 aliphatic heterocycles. The maximum Gasteiger partial charge on any atom is 0.335 e. The molecular formula is C24H24ClFN2O4S. The van der Waals surface area contributed by atoms with Gasteiger partial charge >= 0.3 is 5.97 Å². The summed E-state index contributed by atoms with van der Waals surface area (Å²) in [5.74, 6) is -1.82. The highest BCUT2D eigenvalue weighted by Gasteiger charge is 2.18. The zero-order chi connectivity index (χ0) is 23.8. The molecule has 3 aromatic carbocycles. The van der Waals surface area contributed by atoms with E-state index in [0.717, 1.165) is 5.56 Å². The van der Waals surface area contributed by atoms with Crippen LogP contribution in [0.3, 0.4) is 0 Å². The Kier molecular flexibility index (Phi) is 8.43. The molecule has 0 amide bonds. The number of carboxylic acids is 1. The van der Waals surface area contributed by atoms with Crippen LogP contribution in [-0.4, -0.2) is 31.8 Å². The van der Waals surface area contributed by atoms with Crippen LogP contribution in [0.5, 0.6) is 0 Å². The fraction of sp³-hybridized carbons (Fsp3) is 0.208. The highest BCUT2D eigenvalue weighted by atomic mass is 35.5. The summed E-state index contributed by atoms with van der Waals surface area (Å²) in [5.41, 5.74) is 2.35. The minimum absolute atomic E-state index is 0.0125. The van der Waals surface area contributed by atoms with Gasteiger partial charge in [0.2, 0.25) is 10.0 Å². The van der Waals surface area contributed by atoms with Gasteiger partial charge in [-0.1, -0.05) is 54.1 Å². The second-order valence-electron chi connectivity index (χ2n) is 7.55. The molecule has 174 valence electrons. The van der Waals surface area contributed by atoms with Crippen molar-refractivity contribution in [1.82, 2.24) is 4.72 Å². The summed E-state index contributed by atoms with van der Waals surface area (Å²) in [4.78, 5) is 11.2. The first kappa shape index (κ1) is 24.7. The van der Waals surface area contributed by atoms with Crippen LogP contribution in [0.2, 0.25) is 5.02 Å². The van der Waals surface area contributed by atoms with Gasteiger partial charge in [0.25, 0.3) is 0 Å². The molecule has 0 saturated heterocycles. The number of aromatic carboxylic acids is 1. The first-order valence-electron chi connectivity index (χ1n) is 10.3. The topological polar surface area (TPSA) is 95.5 Å². The van der Waals surface area contributed by atoms with Gasteiger partial charge in [-0.25, -0.2) is 22.3 Å². The molecule has 0 heterocycles. The minimum Gasteiger partial charge on any atom is -0.478 e. The van der Waals surface area contributed by atoms with Gasteiger partial charge in [0.15, 0.2) is 0 Å². The van der Waals surface area contributed by atoms with Crippen molar-refractivity contribution in [2.75, 3.05) is 17.6 Å². The predicted molar refractivity (Wildman–Crippen MR) is 128 cm³/mol. The lowest BCUT2D eigenvalue weighted by molar-refractivity contribution is 0.0697. The van der Waals surface area contributed by atoms with E-state index in [-0.39, 0.29) is 28.8 Å². The zero-order valence-electron chi connectivity index (χ0n) is 17.7. The van der Waals surface area contributed by atoms with Crippen molar-refractivity contribution in [3.63, 3.8) is 0 Å². The third-order valence-electron chi connectivity index (χ3n) is 5.15. The normalized spacial score (nSPS) is 12.3. The molecule has 3 aromatic rings. The van der Waals surface area contributed by atoms with Gasteiger partial charge in [-0.15, -0.1) is 0 Å². The van der Waals surface area contributed by atoms with E-state index in [1.807, 2.05) is 30.3 Å². The molecule has 0 aliphatic carbocycles. The van der Waals surface area contributed by atoms with Gasteiger partial charge in [0.1, 0.15) is 5.82 Å². The highest BCUT2D eigenvalue weighted by Crippen LogP contribution is 2.22. The van der Waals surface area contributed by atoms with Crippen LogP contribution in [-0.2, 0) is 16.6 Å². The van der Waals surface area contributed by atoms with Crippen molar-refractivity contribution in [3.05, 3.63) is 100 Å². The quantitative estimate of drug-likeness (QED) is 0.356. The van der Waals surface area contributed by atoms with Gasteiger partial charge in [-0.3, -0.25) is 0 Å². The summed E-state index contributed by atoms with van der Waals surface area (Å²) < 4.78 is 41.0. The molecule has 0 bridgehead atoms. The van der Waals surface area contributed by atoms with E-state index in [0.29, 0.717) is 24.2 Å². The van der Waals surface area contributed by atoms with Crippen molar-refractivity contribution in [2.45, 2.75) is 18.9 Å². The van der Waals surface area contributed by atoms with Crippen LogP contribution in [0.4, 0.5) is 10.1 Å². The number of halogens is 2. The second-order valence-corrected chi connectivity index (χ2v) is 9.89. The zero-order valence-corrected chi connectivity index (χ0v) is 19.2. The predicted octanol–water partition coefficient (Wildman–Crippen LogP) is 4.88. The summed E-state index contributed by atoms with van der Waals surface area (Å²) in [6.07, 6.45) is 0.342.